The Morgan fingerprint density at radius 3 is 2.76 bits per heavy atom. The van der Waals surface area contributed by atoms with Crippen LogP contribution in [0.2, 0.25) is 0 Å². The molecule has 1 aromatic rings. The lowest BCUT2D eigenvalue weighted by atomic mass is 10.2. The third-order valence-corrected chi connectivity index (χ3v) is 2.10. The number of nitrogens with zero attached hydrogens (tertiary/aromatic N) is 1. The maximum atomic E-state index is 10.9. The molecule has 0 radical (unpaired) electrons. The molecule has 0 saturated heterocycles. The van der Waals surface area contributed by atoms with Crippen LogP contribution < -0.4 is 4.74 Å². The molecule has 6 nitrogen and oxygen atoms in total. The summed E-state index contributed by atoms with van der Waals surface area (Å²) in [5.74, 6) is -0.251. The van der Waals surface area contributed by atoms with Gasteiger partial charge >= 0.3 is 11.7 Å². The van der Waals surface area contributed by atoms with Gasteiger partial charge in [-0.2, -0.15) is 0 Å². The highest BCUT2D eigenvalue weighted by Crippen LogP contribution is 2.27. The van der Waals surface area contributed by atoms with Crippen LogP contribution in [0.25, 0.3) is 0 Å². The summed E-state index contributed by atoms with van der Waals surface area (Å²) in [7, 11) is 1.28. The molecule has 0 atom stereocenters. The molecule has 0 amide bonds. The average Bonchev–Trinajstić information content (AvgIpc) is 2.28. The first kappa shape index (κ1) is 13.0. The molecular weight excluding hydrogens is 226 g/mol. The zero-order chi connectivity index (χ0) is 12.8. The van der Waals surface area contributed by atoms with Gasteiger partial charge < -0.3 is 9.47 Å². The lowest BCUT2D eigenvalue weighted by Gasteiger charge is -2.06. The number of hydrogen-bond acceptors (Lipinski definition) is 5. The van der Waals surface area contributed by atoms with Crippen molar-refractivity contribution in [2.45, 2.75) is 13.3 Å². The van der Waals surface area contributed by atoms with Crippen molar-refractivity contribution < 1.29 is 19.2 Å². The smallest absolute Gasteiger partial charge is 0.310 e. The van der Waals surface area contributed by atoms with Crippen LogP contribution in [0.3, 0.4) is 0 Å². The van der Waals surface area contributed by atoms with Crippen molar-refractivity contribution in [1.29, 1.82) is 0 Å². The molecule has 17 heavy (non-hydrogen) atoms. The van der Waals surface area contributed by atoms with Crippen molar-refractivity contribution in [3.8, 4) is 5.75 Å². The van der Waals surface area contributed by atoms with Gasteiger partial charge in [-0.15, -0.1) is 0 Å². The first-order valence-corrected chi connectivity index (χ1v) is 4.99. The highest BCUT2D eigenvalue weighted by molar-refractivity contribution is 5.69. The van der Waals surface area contributed by atoms with Crippen molar-refractivity contribution in [1.82, 2.24) is 0 Å². The van der Waals surface area contributed by atoms with E-state index in [1.165, 1.54) is 13.2 Å². The van der Waals surface area contributed by atoms with Crippen LogP contribution in [0.4, 0.5) is 5.69 Å². The molecule has 92 valence electrons. The fourth-order valence-electron chi connectivity index (χ4n) is 1.23. The summed E-state index contributed by atoms with van der Waals surface area (Å²) in [5.41, 5.74) is 0.740. The summed E-state index contributed by atoms with van der Waals surface area (Å²) < 4.78 is 9.65. The molecule has 0 spiro atoms. The van der Waals surface area contributed by atoms with E-state index in [2.05, 4.69) is 4.74 Å². The Morgan fingerprint density at radius 1 is 1.47 bits per heavy atom. The molecule has 1 rings (SSSR count). The second-order valence-corrected chi connectivity index (χ2v) is 3.40. The predicted octanol–water partition coefficient (Wildman–Crippen LogP) is 1.85. The van der Waals surface area contributed by atoms with Gasteiger partial charge in [-0.05, 0) is 18.6 Å². The lowest BCUT2D eigenvalue weighted by molar-refractivity contribution is -0.385. The number of carbonyl (C=O) groups excluding carboxylic acids is 1. The van der Waals surface area contributed by atoms with Crippen LogP contribution in [-0.4, -0.2) is 24.6 Å². The second-order valence-electron chi connectivity index (χ2n) is 3.40. The van der Waals surface area contributed by atoms with E-state index in [4.69, 9.17) is 4.74 Å². The van der Waals surface area contributed by atoms with Crippen molar-refractivity contribution >= 4 is 11.7 Å². The number of hydrogen-bond donors (Lipinski definition) is 0. The summed E-state index contributed by atoms with van der Waals surface area (Å²) in [4.78, 5) is 21.1. The third-order valence-electron chi connectivity index (χ3n) is 2.10. The van der Waals surface area contributed by atoms with E-state index in [1.54, 1.807) is 19.1 Å². The molecule has 0 unspecified atom stereocenters. The van der Waals surface area contributed by atoms with Crippen molar-refractivity contribution in [2.75, 3.05) is 13.7 Å². The van der Waals surface area contributed by atoms with Gasteiger partial charge in [0.05, 0.1) is 25.1 Å². The number of nitro groups is 1. The van der Waals surface area contributed by atoms with Crippen LogP contribution in [-0.2, 0) is 9.53 Å². The van der Waals surface area contributed by atoms with E-state index in [-0.39, 0.29) is 24.5 Å². The first-order chi connectivity index (χ1) is 8.04. The topological polar surface area (TPSA) is 78.7 Å². The molecular formula is C11H13NO5. The van der Waals surface area contributed by atoms with Crippen LogP contribution in [0.15, 0.2) is 18.2 Å². The fraction of sp³-hybridized carbons (Fsp3) is 0.364. The van der Waals surface area contributed by atoms with Gasteiger partial charge in [0.1, 0.15) is 0 Å². The predicted molar refractivity (Wildman–Crippen MR) is 60.0 cm³/mol. The minimum Gasteiger partial charge on any atom is -0.486 e. The number of ether oxygens (including phenoxy) is 2. The lowest BCUT2D eigenvalue weighted by Crippen LogP contribution is -2.08. The fourth-order valence-corrected chi connectivity index (χ4v) is 1.23. The minimum atomic E-state index is -0.521. The number of rotatable bonds is 5. The third kappa shape index (κ3) is 3.75. The summed E-state index contributed by atoms with van der Waals surface area (Å²) >= 11 is 0. The Bertz CT molecular complexity index is 430. The maximum Gasteiger partial charge on any atom is 0.310 e. The number of benzene rings is 1. The molecule has 6 heteroatoms. The van der Waals surface area contributed by atoms with E-state index >= 15 is 0 Å². The van der Waals surface area contributed by atoms with Gasteiger partial charge in [-0.3, -0.25) is 14.9 Å². The van der Waals surface area contributed by atoms with E-state index in [1.807, 2.05) is 0 Å². The molecule has 0 N–H and O–H groups in total. The van der Waals surface area contributed by atoms with Crippen LogP contribution in [0.1, 0.15) is 12.0 Å². The van der Waals surface area contributed by atoms with Crippen LogP contribution >= 0.6 is 0 Å². The van der Waals surface area contributed by atoms with E-state index in [9.17, 15) is 14.9 Å². The van der Waals surface area contributed by atoms with Gasteiger partial charge in [0.15, 0.2) is 5.75 Å². The Balaban J connectivity index is 2.72. The molecule has 0 fully saturated rings. The molecule has 0 aliphatic rings. The molecule has 1 aromatic carbocycles. The van der Waals surface area contributed by atoms with Gasteiger partial charge in [0.2, 0.25) is 0 Å². The Hall–Kier alpha value is -2.11. The second kappa shape index (κ2) is 5.83. The monoisotopic (exact) mass is 239 g/mol. The Labute approximate surface area is 98.3 Å². The van der Waals surface area contributed by atoms with Gasteiger partial charge in [-0.25, -0.2) is 0 Å². The van der Waals surface area contributed by atoms with Gasteiger partial charge in [-0.1, -0.05) is 6.07 Å². The molecule has 0 aliphatic carbocycles. The molecule has 0 heterocycles. The Morgan fingerprint density at radius 2 is 2.18 bits per heavy atom. The van der Waals surface area contributed by atoms with Crippen molar-refractivity contribution in [3.63, 3.8) is 0 Å². The molecule has 0 aromatic heterocycles. The highest BCUT2D eigenvalue weighted by Gasteiger charge is 2.15. The van der Waals surface area contributed by atoms with Crippen LogP contribution in [0.5, 0.6) is 5.75 Å². The van der Waals surface area contributed by atoms with E-state index < -0.39 is 10.9 Å². The molecule has 0 bridgehead atoms. The summed E-state index contributed by atoms with van der Waals surface area (Å²) in [6.45, 7) is 1.86. The van der Waals surface area contributed by atoms with Crippen molar-refractivity contribution in [3.05, 3.63) is 33.9 Å². The maximum absolute atomic E-state index is 10.9. The molecule has 0 saturated carbocycles. The van der Waals surface area contributed by atoms with Gasteiger partial charge in [0.25, 0.3) is 0 Å². The number of aryl methyl sites for hydroxylation is 1. The normalized spacial score (nSPS) is 9.76. The zero-order valence-electron chi connectivity index (χ0n) is 9.63. The summed E-state index contributed by atoms with van der Waals surface area (Å²) in [5, 5.41) is 10.7. The first-order valence-electron chi connectivity index (χ1n) is 4.99. The average molecular weight is 239 g/mol. The summed E-state index contributed by atoms with van der Waals surface area (Å²) in [6.07, 6.45) is 0.0571. The number of carbonyl (C=O) groups is 1. The SMILES string of the molecule is COC(=O)CCOc1cc(C)ccc1[N+](=O)[O-]. The zero-order valence-corrected chi connectivity index (χ0v) is 9.63. The minimum absolute atomic E-state index is 0.0525. The number of nitro benzene ring substituents is 1. The van der Waals surface area contributed by atoms with Crippen molar-refractivity contribution in [2.24, 2.45) is 0 Å². The summed E-state index contributed by atoms with van der Waals surface area (Å²) in [6, 6.07) is 4.57. The van der Waals surface area contributed by atoms with E-state index in [0.29, 0.717) is 0 Å². The van der Waals surface area contributed by atoms with Gasteiger partial charge in [0, 0.05) is 6.07 Å². The van der Waals surface area contributed by atoms with Crippen LogP contribution in [0, 0.1) is 17.0 Å². The highest BCUT2D eigenvalue weighted by atomic mass is 16.6. The quantitative estimate of drug-likeness (QED) is 0.445. The standard InChI is InChI=1S/C11H13NO5/c1-8-3-4-9(12(14)15)10(7-8)17-6-5-11(13)16-2/h3-4,7H,5-6H2,1-2H3. The Kier molecular flexibility index (Phi) is 4.45. The largest absolute Gasteiger partial charge is 0.486 e. The number of methoxy groups -OCH3 is 1. The van der Waals surface area contributed by atoms with E-state index in [0.717, 1.165) is 5.56 Å². The number of esters is 1. The molecule has 0 aliphatic heterocycles.